The second-order valence-corrected chi connectivity index (χ2v) is 6.09. The van der Waals surface area contributed by atoms with Crippen LogP contribution in [0.25, 0.3) is 0 Å². The van der Waals surface area contributed by atoms with Crippen molar-refractivity contribution >= 4 is 37.5 Å². The predicted molar refractivity (Wildman–Crippen MR) is 86.8 cm³/mol. The molecule has 106 valence electrons. The molecule has 0 spiro atoms. The quantitative estimate of drug-likeness (QED) is 0.725. The SMILES string of the molecule is COc1ccc(Br)c(NC(C)c2ccc(F)c(Br)c2)c1. The summed E-state index contributed by atoms with van der Waals surface area (Å²) >= 11 is 6.70. The van der Waals surface area contributed by atoms with Gasteiger partial charge in [-0.1, -0.05) is 6.07 Å². The highest BCUT2D eigenvalue weighted by molar-refractivity contribution is 9.10. The topological polar surface area (TPSA) is 21.3 Å². The smallest absolute Gasteiger partial charge is 0.137 e. The maximum absolute atomic E-state index is 13.3. The first-order valence-corrected chi connectivity index (χ1v) is 7.65. The molecule has 0 aliphatic carbocycles. The molecule has 5 heteroatoms. The van der Waals surface area contributed by atoms with E-state index in [0.29, 0.717) is 4.47 Å². The van der Waals surface area contributed by atoms with E-state index in [4.69, 9.17) is 4.74 Å². The highest BCUT2D eigenvalue weighted by Gasteiger charge is 2.10. The van der Waals surface area contributed by atoms with Crippen LogP contribution in [-0.4, -0.2) is 7.11 Å². The average Bonchev–Trinajstić information content (AvgIpc) is 2.44. The zero-order valence-electron chi connectivity index (χ0n) is 11.1. The van der Waals surface area contributed by atoms with E-state index in [-0.39, 0.29) is 11.9 Å². The third kappa shape index (κ3) is 3.52. The number of halogens is 3. The van der Waals surface area contributed by atoms with Crippen LogP contribution in [-0.2, 0) is 0 Å². The van der Waals surface area contributed by atoms with Gasteiger partial charge in [0.1, 0.15) is 11.6 Å². The lowest BCUT2D eigenvalue weighted by molar-refractivity contribution is 0.415. The lowest BCUT2D eigenvalue weighted by Gasteiger charge is -2.18. The van der Waals surface area contributed by atoms with Crippen molar-refractivity contribution in [2.45, 2.75) is 13.0 Å². The molecule has 0 heterocycles. The minimum atomic E-state index is -0.261. The molecular formula is C15H14Br2FNO. The Morgan fingerprint density at radius 2 is 1.85 bits per heavy atom. The van der Waals surface area contributed by atoms with Crippen molar-refractivity contribution in [3.8, 4) is 5.75 Å². The van der Waals surface area contributed by atoms with Gasteiger partial charge in [0.25, 0.3) is 0 Å². The van der Waals surface area contributed by atoms with Crippen LogP contribution in [0.15, 0.2) is 45.3 Å². The van der Waals surface area contributed by atoms with Gasteiger partial charge >= 0.3 is 0 Å². The number of hydrogen-bond acceptors (Lipinski definition) is 2. The van der Waals surface area contributed by atoms with Crippen molar-refractivity contribution in [1.82, 2.24) is 0 Å². The Labute approximate surface area is 134 Å². The van der Waals surface area contributed by atoms with Crippen LogP contribution >= 0.6 is 31.9 Å². The van der Waals surface area contributed by atoms with Gasteiger partial charge in [0.15, 0.2) is 0 Å². The molecule has 0 amide bonds. The summed E-state index contributed by atoms with van der Waals surface area (Å²) in [5.74, 6) is 0.520. The normalized spacial score (nSPS) is 12.1. The third-order valence-corrected chi connectivity index (χ3v) is 4.29. The van der Waals surface area contributed by atoms with Crippen molar-refractivity contribution in [1.29, 1.82) is 0 Å². The molecule has 0 radical (unpaired) electrons. The number of anilines is 1. The fourth-order valence-electron chi connectivity index (χ4n) is 1.84. The van der Waals surface area contributed by atoms with Gasteiger partial charge in [-0.3, -0.25) is 0 Å². The zero-order valence-corrected chi connectivity index (χ0v) is 14.3. The van der Waals surface area contributed by atoms with Gasteiger partial charge in [-0.2, -0.15) is 0 Å². The predicted octanol–water partition coefficient (Wildman–Crippen LogP) is 5.53. The summed E-state index contributed by atoms with van der Waals surface area (Å²) in [6.07, 6.45) is 0. The number of methoxy groups -OCH3 is 1. The third-order valence-electron chi connectivity index (χ3n) is 2.99. The number of ether oxygens (including phenoxy) is 1. The van der Waals surface area contributed by atoms with Gasteiger partial charge in [-0.25, -0.2) is 4.39 Å². The molecule has 2 aromatic carbocycles. The summed E-state index contributed by atoms with van der Waals surface area (Å²) in [5, 5.41) is 3.38. The van der Waals surface area contributed by atoms with Crippen molar-refractivity contribution in [2.24, 2.45) is 0 Å². The summed E-state index contributed by atoms with van der Waals surface area (Å²) < 4.78 is 19.9. The molecule has 0 saturated carbocycles. The first kappa shape index (κ1) is 15.3. The summed E-state index contributed by atoms with van der Waals surface area (Å²) in [5.41, 5.74) is 1.92. The van der Waals surface area contributed by atoms with Gasteiger partial charge in [-0.15, -0.1) is 0 Å². The molecule has 0 saturated heterocycles. The maximum Gasteiger partial charge on any atom is 0.137 e. The van der Waals surface area contributed by atoms with Crippen LogP contribution in [0.2, 0.25) is 0 Å². The Kier molecular flexibility index (Phi) is 5.05. The van der Waals surface area contributed by atoms with Crippen LogP contribution in [0.5, 0.6) is 5.75 Å². The van der Waals surface area contributed by atoms with E-state index in [1.807, 2.05) is 25.1 Å². The van der Waals surface area contributed by atoms with E-state index in [1.165, 1.54) is 6.07 Å². The second-order valence-electron chi connectivity index (χ2n) is 4.39. The molecule has 0 aliphatic rings. The van der Waals surface area contributed by atoms with Crippen molar-refractivity contribution in [3.05, 3.63) is 56.7 Å². The van der Waals surface area contributed by atoms with E-state index in [1.54, 1.807) is 19.2 Å². The molecule has 1 atom stereocenters. The number of hydrogen-bond donors (Lipinski definition) is 1. The Bertz CT molecular complexity index is 619. The Morgan fingerprint density at radius 1 is 1.10 bits per heavy atom. The number of nitrogens with one attached hydrogen (secondary N) is 1. The maximum atomic E-state index is 13.3. The molecule has 1 N–H and O–H groups in total. The van der Waals surface area contributed by atoms with E-state index in [2.05, 4.69) is 37.2 Å². The van der Waals surface area contributed by atoms with Crippen LogP contribution in [0.1, 0.15) is 18.5 Å². The first-order valence-electron chi connectivity index (χ1n) is 6.06. The van der Waals surface area contributed by atoms with E-state index < -0.39 is 0 Å². The van der Waals surface area contributed by atoms with Crippen molar-refractivity contribution in [2.75, 3.05) is 12.4 Å². The number of rotatable bonds is 4. The molecule has 2 aromatic rings. The standard InChI is InChI=1S/C15H14Br2FNO/c1-9(10-3-6-14(18)13(17)7-10)19-15-8-11(20-2)4-5-12(15)16/h3-9,19H,1-2H3. The molecule has 1 unspecified atom stereocenters. The summed E-state index contributed by atoms with van der Waals surface area (Å²) in [6.45, 7) is 2.02. The van der Waals surface area contributed by atoms with E-state index in [9.17, 15) is 4.39 Å². The molecule has 0 aromatic heterocycles. The largest absolute Gasteiger partial charge is 0.497 e. The molecule has 0 bridgehead atoms. The van der Waals surface area contributed by atoms with Gasteiger partial charge in [0, 0.05) is 16.6 Å². The summed E-state index contributed by atoms with van der Waals surface area (Å²) in [6, 6.07) is 10.8. The van der Waals surface area contributed by atoms with E-state index in [0.717, 1.165) is 21.5 Å². The van der Waals surface area contributed by atoms with Crippen LogP contribution < -0.4 is 10.1 Å². The fourth-order valence-corrected chi connectivity index (χ4v) is 2.60. The average molecular weight is 403 g/mol. The van der Waals surface area contributed by atoms with Crippen LogP contribution in [0.3, 0.4) is 0 Å². The van der Waals surface area contributed by atoms with Gasteiger partial charge in [0.05, 0.1) is 17.3 Å². The molecular weight excluding hydrogens is 389 g/mol. The first-order chi connectivity index (χ1) is 9.51. The van der Waals surface area contributed by atoms with Gasteiger partial charge in [0.2, 0.25) is 0 Å². The van der Waals surface area contributed by atoms with Gasteiger partial charge in [-0.05, 0) is 68.6 Å². The Balaban J connectivity index is 2.22. The Hall–Kier alpha value is -1.07. The highest BCUT2D eigenvalue weighted by atomic mass is 79.9. The van der Waals surface area contributed by atoms with Gasteiger partial charge < -0.3 is 10.1 Å². The van der Waals surface area contributed by atoms with Crippen LogP contribution in [0.4, 0.5) is 10.1 Å². The lowest BCUT2D eigenvalue weighted by Crippen LogP contribution is -2.07. The monoisotopic (exact) mass is 401 g/mol. The number of benzene rings is 2. The van der Waals surface area contributed by atoms with E-state index >= 15 is 0 Å². The highest BCUT2D eigenvalue weighted by Crippen LogP contribution is 2.31. The minimum Gasteiger partial charge on any atom is -0.497 e. The summed E-state index contributed by atoms with van der Waals surface area (Å²) in [4.78, 5) is 0. The summed E-state index contributed by atoms with van der Waals surface area (Å²) in [7, 11) is 1.63. The van der Waals surface area contributed by atoms with Crippen molar-refractivity contribution in [3.63, 3.8) is 0 Å². The van der Waals surface area contributed by atoms with Crippen molar-refractivity contribution < 1.29 is 9.13 Å². The zero-order chi connectivity index (χ0) is 14.7. The molecule has 0 fully saturated rings. The lowest BCUT2D eigenvalue weighted by atomic mass is 10.1. The fraction of sp³-hybridized carbons (Fsp3) is 0.200. The minimum absolute atomic E-state index is 0.0373. The molecule has 2 nitrogen and oxygen atoms in total. The Morgan fingerprint density at radius 3 is 2.50 bits per heavy atom. The molecule has 2 rings (SSSR count). The van der Waals surface area contributed by atoms with Crippen LogP contribution in [0, 0.1) is 5.82 Å². The molecule has 20 heavy (non-hydrogen) atoms. The second kappa shape index (κ2) is 6.59. The molecule has 0 aliphatic heterocycles.